The maximum absolute atomic E-state index is 12.8. The number of benzene rings is 2. The van der Waals surface area contributed by atoms with Crippen LogP contribution in [0.4, 0.5) is 5.69 Å². The maximum atomic E-state index is 12.8. The predicted octanol–water partition coefficient (Wildman–Crippen LogP) is 2.26. The normalized spacial score (nSPS) is 20.9. The minimum atomic E-state index is -0.251. The van der Waals surface area contributed by atoms with E-state index in [2.05, 4.69) is 16.2 Å². The van der Waals surface area contributed by atoms with Crippen LogP contribution in [0.25, 0.3) is 0 Å². The van der Waals surface area contributed by atoms with Crippen molar-refractivity contribution in [2.24, 2.45) is 5.92 Å². The summed E-state index contributed by atoms with van der Waals surface area (Å²) < 4.78 is 16.7. The summed E-state index contributed by atoms with van der Waals surface area (Å²) in [6.07, 6.45) is 0. The van der Waals surface area contributed by atoms with Gasteiger partial charge < -0.3 is 19.5 Å². The molecule has 2 atom stereocenters. The molecule has 1 amide bonds. The van der Waals surface area contributed by atoms with Crippen molar-refractivity contribution in [1.29, 1.82) is 0 Å². The molecule has 3 N–H and O–H groups in total. The van der Waals surface area contributed by atoms with Crippen LogP contribution in [-0.2, 0) is 4.79 Å². The number of ether oxygens (including phenoxy) is 3. The molecule has 2 heterocycles. The second-order valence-corrected chi connectivity index (χ2v) is 6.46. The van der Waals surface area contributed by atoms with E-state index >= 15 is 0 Å². The van der Waals surface area contributed by atoms with E-state index in [1.807, 2.05) is 49.4 Å². The summed E-state index contributed by atoms with van der Waals surface area (Å²) in [5.74, 6) is 1.95. The van der Waals surface area contributed by atoms with Crippen molar-refractivity contribution in [2.45, 2.75) is 13.0 Å². The smallest absolute Gasteiger partial charge is 0.230 e. The fourth-order valence-electron chi connectivity index (χ4n) is 3.35. The lowest BCUT2D eigenvalue weighted by Crippen LogP contribution is -2.29. The van der Waals surface area contributed by atoms with E-state index in [9.17, 15) is 4.79 Å². The summed E-state index contributed by atoms with van der Waals surface area (Å²) in [6.45, 7) is 4.19. The van der Waals surface area contributed by atoms with E-state index in [4.69, 9.17) is 14.2 Å². The van der Waals surface area contributed by atoms with Crippen molar-refractivity contribution in [3.8, 4) is 17.2 Å². The van der Waals surface area contributed by atoms with Gasteiger partial charge in [0.15, 0.2) is 11.5 Å². The van der Waals surface area contributed by atoms with Gasteiger partial charge in [0, 0.05) is 12.2 Å². The topological polar surface area (TPSA) is 80.9 Å². The van der Waals surface area contributed by atoms with Crippen molar-refractivity contribution in [2.75, 3.05) is 31.7 Å². The zero-order chi connectivity index (χ0) is 18.6. The lowest BCUT2D eigenvalue weighted by molar-refractivity contribution is -0.119. The molecule has 142 valence electrons. The standard InChI is InChI=1S/C20H23N3O4/c1-2-25-15-6-4-14(5-7-15)22-20(24)16-12-21-23-19(16)13-3-8-17-18(11-13)27-10-9-26-17/h3-8,11,16,19,21,23H,2,9-10,12H2,1H3,(H,22,24). The lowest BCUT2D eigenvalue weighted by Gasteiger charge is -2.22. The van der Waals surface area contributed by atoms with E-state index in [1.165, 1.54) is 0 Å². The van der Waals surface area contributed by atoms with Crippen molar-refractivity contribution < 1.29 is 19.0 Å². The van der Waals surface area contributed by atoms with Crippen LogP contribution in [0.2, 0.25) is 0 Å². The Bertz CT molecular complexity index is 809. The number of carbonyl (C=O) groups is 1. The number of hydrazine groups is 1. The Morgan fingerprint density at radius 1 is 1.15 bits per heavy atom. The Morgan fingerprint density at radius 2 is 1.93 bits per heavy atom. The van der Waals surface area contributed by atoms with E-state index < -0.39 is 0 Å². The number of fused-ring (bicyclic) bond motifs is 1. The molecular formula is C20H23N3O4. The zero-order valence-electron chi connectivity index (χ0n) is 15.2. The Hall–Kier alpha value is -2.77. The van der Waals surface area contributed by atoms with E-state index in [0.29, 0.717) is 26.4 Å². The van der Waals surface area contributed by atoms with Gasteiger partial charge in [-0.2, -0.15) is 0 Å². The fraction of sp³-hybridized carbons (Fsp3) is 0.350. The Kier molecular flexibility index (Phi) is 5.13. The van der Waals surface area contributed by atoms with Crippen molar-refractivity contribution in [3.63, 3.8) is 0 Å². The van der Waals surface area contributed by atoms with Crippen LogP contribution in [0.15, 0.2) is 42.5 Å². The fourth-order valence-corrected chi connectivity index (χ4v) is 3.35. The summed E-state index contributed by atoms with van der Waals surface area (Å²) in [5, 5.41) is 2.98. The van der Waals surface area contributed by atoms with Gasteiger partial charge in [-0.15, -0.1) is 0 Å². The molecule has 0 spiro atoms. The van der Waals surface area contributed by atoms with E-state index in [1.54, 1.807) is 0 Å². The van der Waals surface area contributed by atoms with Gasteiger partial charge in [-0.3, -0.25) is 10.2 Å². The van der Waals surface area contributed by atoms with Crippen molar-refractivity contribution in [3.05, 3.63) is 48.0 Å². The minimum Gasteiger partial charge on any atom is -0.494 e. The first-order valence-corrected chi connectivity index (χ1v) is 9.16. The molecule has 0 aliphatic carbocycles. The van der Waals surface area contributed by atoms with Gasteiger partial charge >= 0.3 is 0 Å². The number of rotatable bonds is 5. The number of carbonyl (C=O) groups excluding carboxylic acids is 1. The molecule has 7 heteroatoms. The molecular weight excluding hydrogens is 346 g/mol. The summed E-state index contributed by atoms with van der Waals surface area (Å²) in [7, 11) is 0. The Labute approximate surface area is 158 Å². The predicted molar refractivity (Wildman–Crippen MR) is 101 cm³/mol. The third-order valence-corrected chi connectivity index (χ3v) is 4.68. The van der Waals surface area contributed by atoms with Crippen LogP contribution in [0.1, 0.15) is 18.5 Å². The van der Waals surface area contributed by atoms with Gasteiger partial charge in [-0.05, 0) is 48.9 Å². The summed E-state index contributed by atoms with van der Waals surface area (Å²) >= 11 is 0. The van der Waals surface area contributed by atoms with Crippen LogP contribution in [-0.4, -0.2) is 32.3 Å². The molecule has 0 aromatic heterocycles. The van der Waals surface area contributed by atoms with Gasteiger partial charge in [0.1, 0.15) is 19.0 Å². The molecule has 4 rings (SSSR count). The number of hydrogen-bond acceptors (Lipinski definition) is 6. The maximum Gasteiger partial charge on any atom is 0.230 e. The van der Waals surface area contributed by atoms with E-state index in [0.717, 1.165) is 28.5 Å². The largest absolute Gasteiger partial charge is 0.494 e. The first kappa shape index (κ1) is 17.6. The van der Waals surface area contributed by atoms with Gasteiger partial charge in [-0.25, -0.2) is 5.43 Å². The highest BCUT2D eigenvalue weighted by Gasteiger charge is 2.34. The number of amides is 1. The van der Waals surface area contributed by atoms with Gasteiger partial charge in [0.2, 0.25) is 5.91 Å². The average Bonchev–Trinajstić information content (AvgIpc) is 3.19. The number of nitrogens with one attached hydrogen (secondary N) is 3. The first-order chi connectivity index (χ1) is 13.2. The highest BCUT2D eigenvalue weighted by atomic mass is 16.6. The number of hydrogen-bond donors (Lipinski definition) is 3. The molecule has 0 bridgehead atoms. The molecule has 0 saturated carbocycles. The molecule has 2 aliphatic heterocycles. The molecule has 2 aliphatic rings. The molecule has 0 radical (unpaired) electrons. The van der Waals surface area contributed by atoms with Crippen LogP contribution in [0.3, 0.4) is 0 Å². The Morgan fingerprint density at radius 3 is 2.70 bits per heavy atom. The third kappa shape index (κ3) is 3.84. The quantitative estimate of drug-likeness (QED) is 0.750. The molecule has 2 aromatic carbocycles. The van der Waals surface area contributed by atoms with Crippen molar-refractivity contribution in [1.82, 2.24) is 10.9 Å². The average molecular weight is 369 g/mol. The summed E-state index contributed by atoms with van der Waals surface area (Å²) in [5.41, 5.74) is 8.01. The van der Waals surface area contributed by atoms with Crippen LogP contribution < -0.4 is 30.4 Å². The van der Waals surface area contributed by atoms with Gasteiger partial charge in [-0.1, -0.05) is 6.07 Å². The second-order valence-electron chi connectivity index (χ2n) is 6.46. The first-order valence-electron chi connectivity index (χ1n) is 9.16. The Balaban J connectivity index is 1.46. The van der Waals surface area contributed by atoms with E-state index in [-0.39, 0.29) is 17.9 Å². The third-order valence-electron chi connectivity index (χ3n) is 4.68. The van der Waals surface area contributed by atoms with Gasteiger partial charge in [0.05, 0.1) is 18.6 Å². The SMILES string of the molecule is CCOc1ccc(NC(=O)C2CNNC2c2ccc3c(c2)OCCO3)cc1. The molecule has 7 nitrogen and oxygen atoms in total. The summed E-state index contributed by atoms with van der Waals surface area (Å²) in [6, 6.07) is 13.0. The highest BCUT2D eigenvalue weighted by molar-refractivity contribution is 5.93. The second kappa shape index (κ2) is 7.85. The monoisotopic (exact) mass is 369 g/mol. The molecule has 1 saturated heterocycles. The molecule has 27 heavy (non-hydrogen) atoms. The highest BCUT2D eigenvalue weighted by Crippen LogP contribution is 2.35. The number of anilines is 1. The molecule has 2 unspecified atom stereocenters. The molecule has 1 fully saturated rings. The minimum absolute atomic E-state index is 0.0449. The molecule has 2 aromatic rings. The van der Waals surface area contributed by atoms with Gasteiger partial charge in [0.25, 0.3) is 0 Å². The zero-order valence-corrected chi connectivity index (χ0v) is 15.2. The van der Waals surface area contributed by atoms with Crippen molar-refractivity contribution >= 4 is 11.6 Å². The summed E-state index contributed by atoms with van der Waals surface area (Å²) in [4.78, 5) is 12.8. The lowest BCUT2D eigenvalue weighted by atomic mass is 9.93. The van der Waals surface area contributed by atoms with Crippen LogP contribution >= 0.6 is 0 Å². The van der Waals surface area contributed by atoms with Crippen LogP contribution in [0.5, 0.6) is 17.2 Å². The van der Waals surface area contributed by atoms with Crippen LogP contribution in [0, 0.1) is 5.92 Å².